The van der Waals surface area contributed by atoms with Gasteiger partial charge in [-0.05, 0) is 44.7 Å². The normalized spacial score (nSPS) is 25.1. The number of hydrogen-bond donors (Lipinski definition) is 2. The lowest BCUT2D eigenvalue weighted by Crippen LogP contribution is -2.48. The van der Waals surface area contributed by atoms with Gasteiger partial charge in [-0.15, -0.1) is 0 Å². The minimum absolute atomic E-state index is 0.0856. The van der Waals surface area contributed by atoms with Gasteiger partial charge in [-0.2, -0.15) is 0 Å². The zero-order valence-electron chi connectivity index (χ0n) is 12.1. The van der Waals surface area contributed by atoms with Crippen LogP contribution in [0.3, 0.4) is 0 Å². The number of rotatable bonds is 4. The van der Waals surface area contributed by atoms with Crippen LogP contribution >= 0.6 is 0 Å². The second-order valence-corrected chi connectivity index (χ2v) is 5.61. The summed E-state index contributed by atoms with van der Waals surface area (Å²) in [6, 6.07) is 6.32. The summed E-state index contributed by atoms with van der Waals surface area (Å²) >= 11 is 0. The number of aryl methyl sites for hydroxylation is 2. The lowest BCUT2D eigenvalue weighted by atomic mass is 9.92. The van der Waals surface area contributed by atoms with Crippen molar-refractivity contribution in [3.05, 3.63) is 29.3 Å². The summed E-state index contributed by atoms with van der Waals surface area (Å²) in [6.07, 6.45) is 3.92. The van der Waals surface area contributed by atoms with Gasteiger partial charge in [-0.3, -0.25) is 5.32 Å². The summed E-state index contributed by atoms with van der Waals surface area (Å²) in [5.74, 6) is 0.952. The predicted octanol–water partition coefficient (Wildman–Crippen LogP) is 2.92. The quantitative estimate of drug-likeness (QED) is 0.821. The zero-order chi connectivity index (χ0) is 13.8. The Morgan fingerprint density at radius 2 is 1.84 bits per heavy atom. The van der Waals surface area contributed by atoms with Crippen LogP contribution in [-0.2, 0) is 0 Å². The molecule has 1 aromatic rings. The van der Waals surface area contributed by atoms with E-state index in [0.717, 1.165) is 36.1 Å². The van der Waals surface area contributed by atoms with Crippen molar-refractivity contribution >= 4 is 0 Å². The molecule has 0 bridgehead atoms. The van der Waals surface area contributed by atoms with E-state index in [1.807, 2.05) is 13.0 Å². The monoisotopic (exact) mass is 263 g/mol. The van der Waals surface area contributed by atoms with Crippen molar-refractivity contribution < 1.29 is 9.84 Å². The van der Waals surface area contributed by atoms with Crippen molar-refractivity contribution in [3.63, 3.8) is 0 Å². The molecule has 0 aromatic heterocycles. The summed E-state index contributed by atoms with van der Waals surface area (Å²) in [7, 11) is 0. The van der Waals surface area contributed by atoms with E-state index in [1.165, 1.54) is 6.42 Å². The molecule has 1 saturated carbocycles. The first-order valence-corrected chi connectivity index (χ1v) is 7.25. The van der Waals surface area contributed by atoms with Crippen molar-refractivity contribution in [1.29, 1.82) is 0 Å². The van der Waals surface area contributed by atoms with Gasteiger partial charge in [0, 0.05) is 6.04 Å². The molecule has 0 aliphatic heterocycles. The van der Waals surface area contributed by atoms with Crippen LogP contribution in [0, 0.1) is 13.8 Å². The predicted molar refractivity (Wildman–Crippen MR) is 77.4 cm³/mol. The van der Waals surface area contributed by atoms with Crippen LogP contribution in [0.2, 0.25) is 0 Å². The van der Waals surface area contributed by atoms with E-state index in [9.17, 15) is 5.11 Å². The number of ether oxygens (including phenoxy) is 1. The average molecular weight is 263 g/mol. The van der Waals surface area contributed by atoms with Gasteiger partial charge in [0.15, 0.2) is 0 Å². The Kier molecular flexibility index (Phi) is 4.83. The highest BCUT2D eigenvalue weighted by atomic mass is 16.5. The first kappa shape index (κ1) is 14.4. The largest absolute Gasteiger partial charge is 0.475 e. The Morgan fingerprint density at radius 3 is 2.47 bits per heavy atom. The molecule has 1 unspecified atom stereocenters. The Morgan fingerprint density at radius 1 is 1.21 bits per heavy atom. The molecule has 3 nitrogen and oxygen atoms in total. The molecule has 0 amide bonds. The van der Waals surface area contributed by atoms with Crippen LogP contribution < -0.4 is 10.1 Å². The van der Waals surface area contributed by atoms with Gasteiger partial charge in [0.2, 0.25) is 0 Å². The fourth-order valence-corrected chi connectivity index (χ4v) is 2.80. The smallest absolute Gasteiger partial charge is 0.147 e. The van der Waals surface area contributed by atoms with Gasteiger partial charge in [-0.25, -0.2) is 0 Å². The van der Waals surface area contributed by atoms with Crippen LogP contribution in [0.4, 0.5) is 0 Å². The summed E-state index contributed by atoms with van der Waals surface area (Å²) in [5, 5.41) is 13.4. The molecule has 1 aromatic carbocycles. The lowest BCUT2D eigenvalue weighted by molar-refractivity contribution is 0.0577. The molecule has 0 radical (unpaired) electrons. The maximum absolute atomic E-state index is 9.98. The minimum atomic E-state index is -0.238. The fraction of sp³-hybridized carbons (Fsp3) is 0.625. The fourth-order valence-electron chi connectivity index (χ4n) is 2.80. The van der Waals surface area contributed by atoms with Crippen molar-refractivity contribution in [2.24, 2.45) is 0 Å². The Hall–Kier alpha value is -1.06. The lowest BCUT2D eigenvalue weighted by Gasteiger charge is -2.31. The highest BCUT2D eigenvalue weighted by Crippen LogP contribution is 2.24. The van der Waals surface area contributed by atoms with Crippen molar-refractivity contribution in [3.8, 4) is 5.75 Å². The second-order valence-electron chi connectivity index (χ2n) is 5.61. The highest BCUT2D eigenvalue weighted by molar-refractivity contribution is 5.39. The summed E-state index contributed by atoms with van der Waals surface area (Å²) in [6.45, 7) is 6.13. The van der Waals surface area contributed by atoms with Crippen LogP contribution in [0.25, 0.3) is 0 Å². The maximum atomic E-state index is 9.98. The topological polar surface area (TPSA) is 41.5 Å². The molecule has 2 N–H and O–H groups in total. The molecule has 3 heteroatoms. The SMILES string of the molecule is Cc1cccc(C)c1OC(C)N[C@H]1CCCC[C@@H]1O. The van der Waals surface area contributed by atoms with Gasteiger partial charge >= 0.3 is 0 Å². The number of aliphatic hydroxyl groups excluding tert-OH is 1. The Balaban J connectivity index is 1.95. The molecule has 1 aliphatic carbocycles. The molecule has 106 valence electrons. The highest BCUT2D eigenvalue weighted by Gasteiger charge is 2.24. The third-order valence-corrected chi connectivity index (χ3v) is 3.88. The van der Waals surface area contributed by atoms with Crippen LogP contribution in [0.1, 0.15) is 43.7 Å². The Labute approximate surface area is 116 Å². The van der Waals surface area contributed by atoms with Crippen molar-refractivity contribution in [2.75, 3.05) is 0 Å². The molecule has 19 heavy (non-hydrogen) atoms. The van der Waals surface area contributed by atoms with E-state index in [-0.39, 0.29) is 18.4 Å². The van der Waals surface area contributed by atoms with Crippen molar-refractivity contribution in [1.82, 2.24) is 5.32 Å². The van der Waals surface area contributed by atoms with E-state index in [4.69, 9.17) is 4.74 Å². The third kappa shape index (κ3) is 3.71. The van der Waals surface area contributed by atoms with Gasteiger partial charge in [0.25, 0.3) is 0 Å². The Bertz CT molecular complexity index is 399. The number of nitrogens with one attached hydrogen (secondary N) is 1. The number of benzene rings is 1. The molecule has 2 rings (SSSR count). The number of aliphatic hydroxyl groups is 1. The van der Waals surface area contributed by atoms with Gasteiger partial charge in [0.05, 0.1) is 6.10 Å². The minimum Gasteiger partial charge on any atom is -0.475 e. The van der Waals surface area contributed by atoms with Crippen LogP contribution in [-0.4, -0.2) is 23.5 Å². The first-order valence-electron chi connectivity index (χ1n) is 7.25. The first-order chi connectivity index (χ1) is 9.08. The van der Waals surface area contributed by atoms with Crippen molar-refractivity contribution in [2.45, 2.75) is 64.8 Å². The van der Waals surface area contributed by atoms with E-state index in [0.29, 0.717) is 0 Å². The van der Waals surface area contributed by atoms with Crippen LogP contribution in [0.5, 0.6) is 5.75 Å². The van der Waals surface area contributed by atoms with E-state index < -0.39 is 0 Å². The second kappa shape index (κ2) is 6.40. The van der Waals surface area contributed by atoms with E-state index in [2.05, 4.69) is 31.3 Å². The molecule has 1 fully saturated rings. The summed E-state index contributed by atoms with van der Waals surface area (Å²) in [4.78, 5) is 0. The molecule has 1 aliphatic rings. The molecular formula is C16H25NO2. The summed E-state index contributed by atoms with van der Waals surface area (Å²) in [5.41, 5.74) is 2.30. The maximum Gasteiger partial charge on any atom is 0.147 e. The molecular weight excluding hydrogens is 238 g/mol. The number of hydrogen-bond acceptors (Lipinski definition) is 3. The van der Waals surface area contributed by atoms with Gasteiger partial charge < -0.3 is 9.84 Å². The van der Waals surface area contributed by atoms with Gasteiger partial charge in [-0.1, -0.05) is 31.0 Å². The van der Waals surface area contributed by atoms with Gasteiger partial charge in [0.1, 0.15) is 12.0 Å². The average Bonchev–Trinajstić information content (AvgIpc) is 2.37. The van der Waals surface area contributed by atoms with E-state index >= 15 is 0 Å². The van der Waals surface area contributed by atoms with E-state index in [1.54, 1.807) is 0 Å². The standard InChI is InChI=1S/C16H25NO2/c1-11-7-6-8-12(2)16(11)19-13(3)17-14-9-4-5-10-15(14)18/h6-8,13-15,17-18H,4-5,9-10H2,1-3H3/t13?,14-,15-/m0/s1. The molecule has 0 spiro atoms. The molecule has 0 saturated heterocycles. The molecule has 3 atom stereocenters. The summed E-state index contributed by atoms with van der Waals surface area (Å²) < 4.78 is 6.00. The third-order valence-electron chi connectivity index (χ3n) is 3.88. The number of para-hydroxylation sites is 1. The zero-order valence-corrected chi connectivity index (χ0v) is 12.1. The molecule has 0 heterocycles. The van der Waals surface area contributed by atoms with Crippen LogP contribution in [0.15, 0.2) is 18.2 Å².